The zero-order valence-corrected chi connectivity index (χ0v) is 23.8. The van der Waals surface area contributed by atoms with Crippen LogP contribution in [0.25, 0.3) is 0 Å². The molecule has 0 radical (unpaired) electrons. The van der Waals surface area contributed by atoms with Gasteiger partial charge in [-0.25, -0.2) is 10.3 Å². The van der Waals surface area contributed by atoms with Gasteiger partial charge in [-0.15, -0.1) is 0 Å². The van der Waals surface area contributed by atoms with Crippen LogP contribution in [0, 0.1) is 22.0 Å². The molecule has 2 N–H and O–H groups in total. The van der Waals surface area contributed by atoms with Crippen molar-refractivity contribution >= 4 is 51.2 Å². The standard InChI is InChI=1S/C32H21BrN4O6/c33-17-9-14-25(38)22(15-17)29(39)35-34-16-32-23-7-3-1-5-20(23)26(21-6-2-4-8-24(21)32)27-28(32)31(41)36(30(27)40)18-10-12-19(13-11-18)37(42)43/h1-16,26-28,38H,(H,35,39)/b34-16-/t26?,27-,28-,32?/m1/s1. The Morgan fingerprint density at radius 2 is 1.58 bits per heavy atom. The van der Waals surface area contributed by atoms with Crippen molar-refractivity contribution in [3.63, 3.8) is 0 Å². The van der Waals surface area contributed by atoms with Crippen molar-refractivity contribution < 1.29 is 24.4 Å². The Morgan fingerprint density at radius 3 is 2.21 bits per heavy atom. The van der Waals surface area contributed by atoms with Gasteiger partial charge in [-0.3, -0.25) is 24.5 Å². The number of nitrogens with one attached hydrogen (secondary N) is 1. The first-order chi connectivity index (χ1) is 20.7. The summed E-state index contributed by atoms with van der Waals surface area (Å²) in [6.07, 6.45) is 1.52. The highest BCUT2D eigenvalue weighted by atomic mass is 79.9. The van der Waals surface area contributed by atoms with Crippen LogP contribution in [0.15, 0.2) is 101 Å². The normalized spacial score (nSPS) is 23.2. The van der Waals surface area contributed by atoms with Crippen LogP contribution in [0.5, 0.6) is 5.75 Å². The molecule has 4 aromatic carbocycles. The molecule has 2 bridgehead atoms. The lowest BCUT2D eigenvalue weighted by molar-refractivity contribution is -0.384. The van der Waals surface area contributed by atoms with Crippen molar-refractivity contribution in [2.24, 2.45) is 16.9 Å². The summed E-state index contributed by atoms with van der Waals surface area (Å²) >= 11 is 3.30. The third kappa shape index (κ3) is 3.77. The lowest BCUT2D eigenvalue weighted by atomic mass is 9.47. The molecule has 11 heteroatoms. The van der Waals surface area contributed by atoms with E-state index in [4.69, 9.17) is 0 Å². The molecule has 10 nitrogen and oxygen atoms in total. The number of amides is 3. The molecule has 1 saturated heterocycles. The van der Waals surface area contributed by atoms with Crippen LogP contribution < -0.4 is 10.3 Å². The van der Waals surface area contributed by atoms with Crippen molar-refractivity contribution in [3.05, 3.63) is 133 Å². The SMILES string of the molecule is O=C(N/N=C\C12c3ccccc3C(c3ccccc31)[C@H]1C(=O)N(c3ccc([N+](=O)[O-])cc3)C(=O)[C@@H]12)c1cc(Br)ccc1O. The van der Waals surface area contributed by atoms with E-state index in [0.29, 0.717) is 4.47 Å². The third-order valence-corrected chi connectivity index (χ3v) is 9.13. The summed E-state index contributed by atoms with van der Waals surface area (Å²) in [5.41, 5.74) is 4.74. The quantitative estimate of drug-likeness (QED) is 0.136. The number of nitrogens with zero attached hydrogens (tertiary/aromatic N) is 3. The van der Waals surface area contributed by atoms with Gasteiger partial charge >= 0.3 is 0 Å². The Labute approximate surface area is 252 Å². The van der Waals surface area contributed by atoms with Crippen LogP contribution in [-0.2, 0) is 15.0 Å². The number of benzene rings is 4. The van der Waals surface area contributed by atoms with Crippen LogP contribution in [0.1, 0.15) is 38.5 Å². The number of non-ortho nitro benzene ring substituents is 1. The van der Waals surface area contributed by atoms with Gasteiger partial charge in [-0.2, -0.15) is 5.10 Å². The molecule has 8 rings (SSSR count). The predicted octanol–water partition coefficient (Wildman–Crippen LogP) is 5.03. The maximum atomic E-state index is 14.4. The molecule has 4 aromatic rings. The van der Waals surface area contributed by atoms with Crippen molar-refractivity contribution in [2.75, 3.05) is 4.90 Å². The van der Waals surface area contributed by atoms with Crippen LogP contribution in [0.2, 0.25) is 0 Å². The van der Waals surface area contributed by atoms with Crippen LogP contribution >= 0.6 is 15.9 Å². The van der Waals surface area contributed by atoms with E-state index in [0.717, 1.165) is 27.2 Å². The van der Waals surface area contributed by atoms with Gasteiger partial charge in [0.25, 0.3) is 11.6 Å². The molecule has 3 amide bonds. The number of phenols is 1. The first-order valence-corrected chi connectivity index (χ1v) is 14.2. The van der Waals surface area contributed by atoms with Crippen molar-refractivity contribution in [3.8, 4) is 5.75 Å². The highest BCUT2D eigenvalue weighted by molar-refractivity contribution is 9.10. The number of hydrogen-bond donors (Lipinski definition) is 2. The molecule has 4 aliphatic rings. The maximum Gasteiger partial charge on any atom is 0.275 e. The molecule has 1 heterocycles. The molecular formula is C32H21BrN4O6. The minimum absolute atomic E-state index is 0.00604. The summed E-state index contributed by atoms with van der Waals surface area (Å²) in [6, 6.07) is 25.0. The van der Waals surface area contributed by atoms with Gasteiger partial charge in [0.2, 0.25) is 11.8 Å². The smallest absolute Gasteiger partial charge is 0.275 e. The van der Waals surface area contributed by atoms with E-state index in [1.54, 1.807) is 6.07 Å². The van der Waals surface area contributed by atoms with Crippen molar-refractivity contribution in [1.82, 2.24) is 5.43 Å². The molecule has 1 fully saturated rings. The minimum Gasteiger partial charge on any atom is -0.507 e. The number of nitro benzene ring substituents is 1. The van der Waals surface area contributed by atoms with Crippen LogP contribution in [-0.4, -0.2) is 34.0 Å². The van der Waals surface area contributed by atoms with E-state index in [-0.39, 0.29) is 22.7 Å². The molecule has 3 aliphatic carbocycles. The van der Waals surface area contributed by atoms with Gasteiger partial charge in [0.1, 0.15) is 5.75 Å². The van der Waals surface area contributed by atoms with Gasteiger partial charge in [0.15, 0.2) is 0 Å². The van der Waals surface area contributed by atoms with Gasteiger partial charge in [-0.1, -0.05) is 64.5 Å². The molecule has 212 valence electrons. The number of carbonyl (C=O) groups is 3. The fourth-order valence-electron chi connectivity index (χ4n) is 6.97. The second-order valence-electron chi connectivity index (χ2n) is 10.7. The Kier molecular flexibility index (Phi) is 6.03. The number of halogens is 1. The van der Waals surface area contributed by atoms with E-state index >= 15 is 0 Å². The Morgan fingerprint density at radius 1 is 0.953 bits per heavy atom. The zero-order chi connectivity index (χ0) is 30.0. The first-order valence-electron chi connectivity index (χ1n) is 13.4. The van der Waals surface area contributed by atoms with Gasteiger partial charge in [-0.05, 0) is 52.6 Å². The number of anilines is 1. The average Bonchev–Trinajstić information content (AvgIpc) is 3.29. The van der Waals surface area contributed by atoms with E-state index in [1.807, 2.05) is 48.5 Å². The number of hydrogen-bond acceptors (Lipinski definition) is 7. The van der Waals surface area contributed by atoms with Gasteiger partial charge in [0.05, 0.1) is 33.4 Å². The number of imide groups is 1. The fraction of sp³-hybridized carbons (Fsp3) is 0.125. The Hall–Kier alpha value is -5.16. The summed E-state index contributed by atoms with van der Waals surface area (Å²) in [4.78, 5) is 53.4. The molecule has 0 aromatic heterocycles. The maximum absolute atomic E-state index is 14.4. The number of hydrazone groups is 1. The largest absolute Gasteiger partial charge is 0.507 e. The highest BCUT2D eigenvalue weighted by Gasteiger charge is 2.68. The van der Waals surface area contributed by atoms with E-state index in [1.165, 1.54) is 42.6 Å². The average molecular weight is 637 g/mol. The number of carbonyl (C=O) groups excluding carboxylic acids is 3. The highest BCUT2D eigenvalue weighted by Crippen LogP contribution is 2.63. The monoisotopic (exact) mass is 636 g/mol. The molecule has 0 spiro atoms. The van der Waals surface area contributed by atoms with E-state index < -0.39 is 45.8 Å². The van der Waals surface area contributed by atoms with Crippen molar-refractivity contribution in [2.45, 2.75) is 11.3 Å². The molecule has 0 saturated carbocycles. The summed E-state index contributed by atoms with van der Waals surface area (Å²) in [5.74, 6) is -3.82. The predicted molar refractivity (Wildman–Crippen MR) is 160 cm³/mol. The van der Waals surface area contributed by atoms with Crippen LogP contribution in [0.3, 0.4) is 0 Å². The minimum atomic E-state index is -1.22. The summed E-state index contributed by atoms with van der Waals surface area (Å²) in [7, 11) is 0. The summed E-state index contributed by atoms with van der Waals surface area (Å²) in [6.45, 7) is 0. The third-order valence-electron chi connectivity index (χ3n) is 8.64. The molecule has 1 aliphatic heterocycles. The molecular weight excluding hydrogens is 616 g/mol. The Bertz CT molecular complexity index is 1860. The lowest BCUT2D eigenvalue weighted by Gasteiger charge is -2.52. The second kappa shape index (κ2) is 9.70. The number of aromatic hydroxyl groups is 1. The molecule has 2 atom stereocenters. The number of rotatable bonds is 5. The molecule has 43 heavy (non-hydrogen) atoms. The number of phenolic OH excluding ortho intramolecular Hbond substituents is 1. The van der Waals surface area contributed by atoms with E-state index in [2.05, 4.69) is 26.5 Å². The van der Waals surface area contributed by atoms with Gasteiger partial charge < -0.3 is 5.11 Å². The first kappa shape index (κ1) is 26.7. The summed E-state index contributed by atoms with van der Waals surface area (Å²) in [5, 5.41) is 25.8. The molecule has 0 unspecified atom stereocenters. The van der Waals surface area contributed by atoms with E-state index in [9.17, 15) is 29.6 Å². The fourth-order valence-corrected chi connectivity index (χ4v) is 7.33. The topological polar surface area (TPSA) is 142 Å². The second-order valence-corrected chi connectivity index (χ2v) is 11.6. The lowest BCUT2D eigenvalue weighted by Crippen LogP contribution is -2.54. The van der Waals surface area contributed by atoms with Crippen LogP contribution in [0.4, 0.5) is 11.4 Å². The zero-order valence-electron chi connectivity index (χ0n) is 22.2. The Balaban J connectivity index is 1.38. The van der Waals surface area contributed by atoms with Crippen molar-refractivity contribution in [1.29, 1.82) is 0 Å². The van der Waals surface area contributed by atoms with Gasteiger partial charge in [0, 0.05) is 28.7 Å². The number of nitro groups is 1. The summed E-state index contributed by atoms with van der Waals surface area (Å²) < 4.78 is 0.593.